The van der Waals surface area contributed by atoms with Crippen LogP contribution in [0.3, 0.4) is 0 Å². The molecule has 7 heteroatoms. The normalized spacial score (nSPS) is 10.8. The van der Waals surface area contributed by atoms with Crippen LogP contribution in [0.2, 0.25) is 10.0 Å². The predicted octanol–water partition coefficient (Wildman–Crippen LogP) is 3.97. The van der Waals surface area contributed by atoms with Crippen LogP contribution in [0.25, 0.3) is 11.1 Å². The highest BCUT2D eigenvalue weighted by molar-refractivity contribution is 6.34. The second-order valence-electron chi connectivity index (χ2n) is 5.37. The van der Waals surface area contributed by atoms with Crippen LogP contribution in [0, 0.1) is 6.92 Å². The van der Waals surface area contributed by atoms with Crippen LogP contribution in [-0.4, -0.2) is 14.8 Å². The van der Waals surface area contributed by atoms with Crippen molar-refractivity contribution in [1.82, 2.24) is 14.8 Å². The second kappa shape index (κ2) is 6.71. The summed E-state index contributed by atoms with van der Waals surface area (Å²) >= 11 is 12.6. The lowest BCUT2D eigenvalue weighted by atomic mass is 10.0. The van der Waals surface area contributed by atoms with Gasteiger partial charge >= 0.3 is 5.69 Å². The van der Waals surface area contributed by atoms with Crippen LogP contribution in [0.5, 0.6) is 5.75 Å². The summed E-state index contributed by atoms with van der Waals surface area (Å²) in [4.78, 5) is 11.4. The maximum absolute atomic E-state index is 11.4. The maximum atomic E-state index is 11.4. The molecule has 0 unspecified atom stereocenters. The van der Waals surface area contributed by atoms with Crippen LogP contribution in [0.15, 0.2) is 41.2 Å². The average Bonchev–Trinajstić information content (AvgIpc) is 2.88. The first-order chi connectivity index (χ1) is 11.5. The zero-order valence-electron chi connectivity index (χ0n) is 13.1. The van der Waals surface area contributed by atoms with Gasteiger partial charge < -0.3 is 4.74 Å². The van der Waals surface area contributed by atoms with Gasteiger partial charge in [-0.3, -0.25) is 4.57 Å². The van der Waals surface area contributed by atoms with E-state index in [0.29, 0.717) is 21.6 Å². The Kier molecular flexibility index (Phi) is 4.64. The summed E-state index contributed by atoms with van der Waals surface area (Å²) in [6.07, 6.45) is 0. The Bertz CT molecular complexity index is 947. The second-order valence-corrected chi connectivity index (χ2v) is 6.18. The van der Waals surface area contributed by atoms with E-state index in [9.17, 15) is 4.79 Å². The number of nitrogens with one attached hydrogen (secondary N) is 1. The Morgan fingerprint density at radius 1 is 1.17 bits per heavy atom. The Balaban J connectivity index is 2.00. The molecule has 3 aromatic rings. The van der Waals surface area contributed by atoms with Gasteiger partial charge in [-0.1, -0.05) is 41.4 Å². The molecule has 0 saturated heterocycles. The highest BCUT2D eigenvalue weighted by atomic mass is 35.5. The topological polar surface area (TPSA) is 59.9 Å². The highest BCUT2D eigenvalue weighted by Crippen LogP contribution is 2.38. The number of rotatable bonds is 4. The number of H-pyrrole nitrogens is 1. The van der Waals surface area contributed by atoms with Crippen LogP contribution in [0.1, 0.15) is 11.4 Å². The van der Waals surface area contributed by atoms with Gasteiger partial charge in [-0.05, 0) is 30.7 Å². The molecule has 0 atom stereocenters. The maximum Gasteiger partial charge on any atom is 0.343 e. The van der Waals surface area contributed by atoms with Crippen molar-refractivity contribution < 1.29 is 4.74 Å². The van der Waals surface area contributed by atoms with E-state index in [1.807, 2.05) is 43.3 Å². The number of ether oxygens (including phenoxy) is 1. The van der Waals surface area contributed by atoms with Crippen molar-refractivity contribution in [2.75, 3.05) is 0 Å². The Morgan fingerprint density at radius 2 is 1.92 bits per heavy atom. The molecule has 0 saturated carbocycles. The lowest BCUT2D eigenvalue weighted by Crippen LogP contribution is -2.15. The molecule has 3 rings (SSSR count). The standard InChI is InChI=1S/C17H15Cl2N3O2/c1-10-7-15(24-9-16-20-21-17(23)22(16)2)12(8-14(10)19)11-5-3-4-6-13(11)18/h3-8H,9H2,1-2H3,(H,21,23). The molecule has 0 radical (unpaired) electrons. The van der Waals surface area contributed by atoms with Crippen molar-refractivity contribution in [3.63, 3.8) is 0 Å². The summed E-state index contributed by atoms with van der Waals surface area (Å²) in [6, 6.07) is 11.2. The van der Waals surface area contributed by atoms with Crippen LogP contribution < -0.4 is 10.4 Å². The minimum absolute atomic E-state index is 0.147. The fourth-order valence-corrected chi connectivity index (χ4v) is 2.72. The van der Waals surface area contributed by atoms with Crippen molar-refractivity contribution in [3.05, 3.63) is 68.3 Å². The van der Waals surface area contributed by atoms with E-state index in [0.717, 1.165) is 16.7 Å². The number of halogens is 2. The van der Waals surface area contributed by atoms with E-state index >= 15 is 0 Å². The van der Waals surface area contributed by atoms with Crippen molar-refractivity contribution in [3.8, 4) is 16.9 Å². The molecule has 0 aliphatic carbocycles. The molecule has 24 heavy (non-hydrogen) atoms. The third-order valence-electron chi connectivity index (χ3n) is 3.75. The van der Waals surface area contributed by atoms with Gasteiger partial charge in [0.2, 0.25) is 0 Å². The number of aromatic amines is 1. The molecule has 0 spiro atoms. The number of hydrogen-bond acceptors (Lipinski definition) is 3. The first-order valence-corrected chi connectivity index (χ1v) is 8.01. The first-order valence-electron chi connectivity index (χ1n) is 7.25. The van der Waals surface area contributed by atoms with Gasteiger partial charge in [0.25, 0.3) is 0 Å². The van der Waals surface area contributed by atoms with Gasteiger partial charge in [0, 0.05) is 28.2 Å². The number of benzene rings is 2. The molecule has 1 aromatic heterocycles. The lowest BCUT2D eigenvalue weighted by Gasteiger charge is -2.14. The zero-order valence-corrected chi connectivity index (χ0v) is 14.6. The van der Waals surface area contributed by atoms with E-state index in [4.69, 9.17) is 27.9 Å². The Labute approximate surface area is 148 Å². The third kappa shape index (κ3) is 3.18. The molecular formula is C17H15Cl2N3O2. The Morgan fingerprint density at radius 3 is 2.58 bits per heavy atom. The molecule has 0 bridgehead atoms. The zero-order chi connectivity index (χ0) is 17.3. The fourth-order valence-electron chi connectivity index (χ4n) is 2.32. The molecule has 0 amide bonds. The van der Waals surface area contributed by atoms with Crippen molar-refractivity contribution in [2.24, 2.45) is 7.05 Å². The molecule has 1 N–H and O–H groups in total. The molecule has 124 valence electrons. The van der Waals surface area contributed by atoms with Gasteiger partial charge in [0.05, 0.1) is 0 Å². The summed E-state index contributed by atoms with van der Waals surface area (Å²) in [5.41, 5.74) is 2.22. The highest BCUT2D eigenvalue weighted by Gasteiger charge is 2.14. The van der Waals surface area contributed by atoms with Crippen LogP contribution >= 0.6 is 23.2 Å². The summed E-state index contributed by atoms with van der Waals surface area (Å²) in [7, 11) is 1.63. The SMILES string of the molecule is Cc1cc(OCc2n[nH]c(=O)n2C)c(-c2ccccc2Cl)cc1Cl. The smallest absolute Gasteiger partial charge is 0.343 e. The number of hydrogen-bond donors (Lipinski definition) is 1. The van der Waals surface area contributed by atoms with Crippen LogP contribution in [0.4, 0.5) is 0 Å². The monoisotopic (exact) mass is 363 g/mol. The van der Waals surface area contributed by atoms with Crippen molar-refractivity contribution in [1.29, 1.82) is 0 Å². The number of aromatic nitrogens is 3. The average molecular weight is 364 g/mol. The summed E-state index contributed by atoms with van der Waals surface area (Å²) in [5.74, 6) is 1.12. The number of aryl methyl sites for hydroxylation is 1. The van der Waals surface area contributed by atoms with E-state index < -0.39 is 0 Å². The van der Waals surface area contributed by atoms with E-state index in [1.165, 1.54) is 4.57 Å². The molecule has 5 nitrogen and oxygen atoms in total. The van der Waals surface area contributed by atoms with Crippen LogP contribution in [-0.2, 0) is 13.7 Å². The Hall–Kier alpha value is -2.24. The van der Waals surface area contributed by atoms with Crippen molar-refractivity contribution in [2.45, 2.75) is 13.5 Å². The lowest BCUT2D eigenvalue weighted by molar-refractivity contribution is 0.292. The van der Waals surface area contributed by atoms with Gasteiger partial charge in [-0.25, -0.2) is 9.89 Å². The van der Waals surface area contributed by atoms with E-state index in [1.54, 1.807) is 7.05 Å². The van der Waals surface area contributed by atoms with Gasteiger partial charge in [-0.2, -0.15) is 5.10 Å². The third-order valence-corrected chi connectivity index (χ3v) is 4.49. The van der Waals surface area contributed by atoms with E-state index in [2.05, 4.69) is 10.2 Å². The molecule has 0 aliphatic heterocycles. The summed E-state index contributed by atoms with van der Waals surface area (Å²) < 4.78 is 7.30. The molecule has 2 aromatic carbocycles. The minimum Gasteiger partial charge on any atom is -0.485 e. The molecule has 0 fully saturated rings. The van der Waals surface area contributed by atoms with Gasteiger partial charge in [0.15, 0.2) is 5.82 Å². The minimum atomic E-state index is -0.285. The first kappa shape index (κ1) is 16.6. The molecule has 0 aliphatic rings. The predicted molar refractivity (Wildman–Crippen MR) is 94.8 cm³/mol. The molecule has 1 heterocycles. The summed E-state index contributed by atoms with van der Waals surface area (Å²) in [6.45, 7) is 2.05. The summed E-state index contributed by atoms with van der Waals surface area (Å²) in [5, 5.41) is 7.56. The van der Waals surface area contributed by atoms with Gasteiger partial charge in [0.1, 0.15) is 12.4 Å². The van der Waals surface area contributed by atoms with Gasteiger partial charge in [-0.15, -0.1) is 0 Å². The fraction of sp³-hybridized carbons (Fsp3) is 0.176. The molecular weight excluding hydrogens is 349 g/mol. The quantitative estimate of drug-likeness (QED) is 0.762. The number of nitrogens with zero attached hydrogens (tertiary/aromatic N) is 2. The van der Waals surface area contributed by atoms with E-state index in [-0.39, 0.29) is 12.3 Å². The van der Waals surface area contributed by atoms with Crippen molar-refractivity contribution >= 4 is 23.2 Å². The largest absolute Gasteiger partial charge is 0.485 e.